The van der Waals surface area contributed by atoms with Crippen LogP contribution in [0.5, 0.6) is 0 Å². The Morgan fingerprint density at radius 3 is 0.833 bits per heavy atom. The zero-order valence-electron chi connectivity index (χ0n) is 33.9. The Labute approximate surface area is 363 Å². The molecule has 0 aromatic heterocycles. The quantitative estimate of drug-likeness (QED) is 0.109. The maximum atomic E-state index is 8.23. The van der Waals surface area contributed by atoms with Gasteiger partial charge in [-0.05, 0) is 44.5 Å². The van der Waals surface area contributed by atoms with Gasteiger partial charge in [0, 0.05) is 0 Å². The van der Waals surface area contributed by atoms with Crippen LogP contribution in [0, 0.1) is 0 Å². The third-order valence-electron chi connectivity index (χ3n) is 11.7. The minimum absolute atomic E-state index is 0.917. The molecule has 8 aromatic carbocycles. The van der Waals surface area contributed by atoms with Gasteiger partial charge in [-0.1, -0.05) is 254 Å². The fourth-order valence-electron chi connectivity index (χ4n) is 9.41. The van der Waals surface area contributed by atoms with Crippen molar-refractivity contribution in [3.8, 4) is 0 Å². The summed E-state index contributed by atoms with van der Waals surface area (Å²) in [6, 6.07) is 84.3. The van der Waals surface area contributed by atoms with Gasteiger partial charge in [-0.3, -0.25) is 0 Å². The maximum Gasteiger partial charge on any atom is 0.908 e. The smallest absolute Gasteiger partial charge is 0.487 e. The lowest BCUT2D eigenvalue weighted by Gasteiger charge is -2.54. The molecule has 0 spiro atoms. The van der Waals surface area contributed by atoms with E-state index in [4.69, 9.17) is 15.2 Å². The van der Waals surface area contributed by atoms with Crippen LogP contribution in [0.3, 0.4) is 0 Å². The summed E-state index contributed by atoms with van der Waals surface area (Å²) in [7, 11) is 0. The number of rotatable bonds is 13. The summed E-state index contributed by atoms with van der Waals surface area (Å²) in [5.74, 6) is 4.46. The molecule has 60 heavy (non-hydrogen) atoms. The van der Waals surface area contributed by atoms with E-state index in [-0.39, 0.29) is 0 Å². The van der Waals surface area contributed by atoms with Gasteiger partial charge in [-0.2, -0.15) is 0 Å². The van der Waals surface area contributed by atoms with Crippen LogP contribution < -0.4 is 0 Å². The molecule has 1 fully saturated rings. The molecule has 1 aliphatic heterocycles. The molecule has 6 heteroatoms. The number of hydrogen-bond acceptors (Lipinski definition) is 4. The van der Waals surface area contributed by atoms with E-state index in [0.29, 0.717) is 0 Å². The van der Waals surface area contributed by atoms with Crippen LogP contribution >= 0.6 is 0 Å². The van der Waals surface area contributed by atoms with Crippen LogP contribution in [0.1, 0.15) is 44.5 Å². The molecule has 1 heterocycles. The highest BCUT2D eigenvalue weighted by Crippen LogP contribution is 2.62. The first kappa shape index (κ1) is 40.1. The standard InChI is InChI=1S/2C26H20O2.2CH3.2Al/c2*27-25(21-13-5-1-6-14-21,22-15-7-2-8-16-22)26(28,23-17-9-3-10-18-23)24-19-11-4-12-20-24;;;;/h2*1-20H;2*1H3;;/q2*-2;;;+1;+3. The molecule has 0 unspecified atom stereocenters. The van der Waals surface area contributed by atoms with Gasteiger partial charge < -0.3 is 15.2 Å². The van der Waals surface area contributed by atoms with E-state index in [0.717, 1.165) is 44.5 Å². The molecule has 9 rings (SSSR count). The van der Waals surface area contributed by atoms with Crippen molar-refractivity contribution in [1.29, 1.82) is 0 Å². The van der Waals surface area contributed by atoms with Crippen molar-refractivity contribution in [2.24, 2.45) is 0 Å². The number of benzene rings is 8. The zero-order chi connectivity index (χ0) is 40.9. The van der Waals surface area contributed by atoms with Gasteiger partial charge in [0.05, 0.1) is 0 Å². The summed E-state index contributed by atoms with van der Waals surface area (Å²) in [5.41, 5.74) is 2.60. The second-order valence-electron chi connectivity index (χ2n) is 15.5. The highest BCUT2D eigenvalue weighted by atomic mass is 27.3. The average Bonchev–Trinajstić information content (AvgIpc) is 3.69. The molecule has 0 saturated carbocycles. The molecular formula is C54H46Al2O4. The van der Waals surface area contributed by atoms with Crippen molar-refractivity contribution in [1.82, 2.24) is 0 Å². The first-order valence-electron chi connectivity index (χ1n) is 20.7. The van der Waals surface area contributed by atoms with E-state index in [1.807, 2.05) is 24.3 Å². The second kappa shape index (κ2) is 17.3. The molecule has 292 valence electrons. The molecule has 4 nitrogen and oxygen atoms in total. The predicted molar refractivity (Wildman–Crippen MR) is 242 cm³/mol. The van der Waals surface area contributed by atoms with Gasteiger partial charge in [-0.15, -0.1) is 0 Å². The number of hydrogen-bond donors (Lipinski definition) is 0. The third kappa shape index (κ3) is 6.72. The molecule has 0 bridgehead atoms. The minimum Gasteiger partial charge on any atom is -0.487 e. The first-order chi connectivity index (χ1) is 29.5. The lowest BCUT2D eigenvalue weighted by molar-refractivity contribution is -0.103. The minimum atomic E-state index is -3.43. The average molecular weight is 813 g/mol. The van der Waals surface area contributed by atoms with Crippen LogP contribution in [0.4, 0.5) is 0 Å². The summed E-state index contributed by atoms with van der Waals surface area (Å²) < 4.78 is 31.9. The van der Waals surface area contributed by atoms with Crippen molar-refractivity contribution in [3.63, 3.8) is 0 Å². The molecular weight excluding hydrogens is 767 g/mol. The van der Waals surface area contributed by atoms with Gasteiger partial charge in [0.1, 0.15) is 22.4 Å². The van der Waals surface area contributed by atoms with Crippen LogP contribution in [-0.4, -0.2) is 29.6 Å². The first-order valence-corrected chi connectivity index (χ1v) is 24.9. The van der Waals surface area contributed by atoms with Crippen molar-refractivity contribution in [2.75, 3.05) is 0 Å². The molecule has 1 aliphatic rings. The lowest BCUT2D eigenvalue weighted by atomic mass is 9.66. The van der Waals surface area contributed by atoms with Crippen molar-refractivity contribution < 1.29 is 15.2 Å². The maximum absolute atomic E-state index is 8.23. The van der Waals surface area contributed by atoms with Crippen LogP contribution in [0.15, 0.2) is 243 Å². The topological polar surface area (TPSA) is 36.9 Å². The Bertz CT molecular complexity index is 2310. The SMILES string of the molecule is [CH3][Al]([CH3])[O]C(c1ccccc1)(c1ccccc1)C([O][Al]1[O]C(c2ccccc2)(c2ccccc2)C(c2ccccc2)(c2ccccc2)[O]1)(c1ccccc1)c1ccccc1. The Hall–Kier alpha value is -5.34. The molecule has 8 aromatic rings. The highest BCUT2D eigenvalue weighted by molar-refractivity contribution is 6.48. The van der Waals surface area contributed by atoms with E-state index in [1.165, 1.54) is 0 Å². The summed E-state index contributed by atoms with van der Waals surface area (Å²) in [4.78, 5) is 0. The largest absolute Gasteiger partial charge is 0.908 e. The van der Waals surface area contributed by atoms with Crippen molar-refractivity contribution in [2.45, 2.75) is 34.0 Å². The summed E-state index contributed by atoms with van der Waals surface area (Å²) in [6.45, 7) is 0. The molecule has 0 amide bonds. The predicted octanol–water partition coefficient (Wildman–Crippen LogP) is 12.1. The fourth-order valence-corrected chi connectivity index (χ4v) is 12.9. The highest BCUT2D eigenvalue weighted by Gasteiger charge is 2.72. The molecule has 0 atom stereocenters. The van der Waals surface area contributed by atoms with Crippen molar-refractivity contribution >= 4 is 29.6 Å². The Morgan fingerprint density at radius 1 is 0.350 bits per heavy atom. The van der Waals surface area contributed by atoms with E-state index >= 15 is 0 Å². The monoisotopic (exact) mass is 812 g/mol. The van der Waals surface area contributed by atoms with Gasteiger partial charge >= 0.3 is 29.6 Å². The molecule has 0 aliphatic carbocycles. The van der Waals surface area contributed by atoms with E-state index in [2.05, 4.69) is 230 Å². The lowest BCUT2D eigenvalue weighted by Crippen LogP contribution is -2.58. The van der Waals surface area contributed by atoms with Crippen LogP contribution in [0.25, 0.3) is 0 Å². The summed E-state index contributed by atoms with van der Waals surface area (Å²) >= 11 is -5.36. The third-order valence-corrected chi connectivity index (χ3v) is 14.1. The van der Waals surface area contributed by atoms with Gasteiger partial charge in [0.15, 0.2) is 0 Å². The molecule has 0 radical (unpaired) electrons. The Morgan fingerprint density at radius 2 is 0.583 bits per heavy atom. The van der Waals surface area contributed by atoms with Crippen molar-refractivity contribution in [3.05, 3.63) is 287 Å². The normalized spacial score (nSPS) is 14.7. The zero-order valence-corrected chi connectivity index (χ0v) is 36.2. The Kier molecular flexibility index (Phi) is 11.6. The van der Waals surface area contributed by atoms with E-state index in [1.54, 1.807) is 0 Å². The van der Waals surface area contributed by atoms with Gasteiger partial charge in [0.2, 0.25) is 0 Å². The fraction of sp³-hybridized carbons (Fsp3) is 0.111. The molecule has 1 saturated heterocycles. The van der Waals surface area contributed by atoms with E-state index < -0.39 is 52.0 Å². The Balaban J connectivity index is 1.41. The van der Waals surface area contributed by atoms with Gasteiger partial charge in [0.25, 0.3) is 0 Å². The molecule has 0 N–H and O–H groups in total. The second-order valence-corrected chi connectivity index (χ2v) is 19.1. The summed E-state index contributed by atoms with van der Waals surface area (Å²) in [6.07, 6.45) is 0. The summed E-state index contributed by atoms with van der Waals surface area (Å²) in [5, 5.41) is 0. The van der Waals surface area contributed by atoms with Gasteiger partial charge in [-0.25, -0.2) is 0 Å². The van der Waals surface area contributed by atoms with Crippen LogP contribution in [-0.2, 0) is 37.6 Å². The van der Waals surface area contributed by atoms with Crippen LogP contribution in [0.2, 0.25) is 11.6 Å². The van der Waals surface area contributed by atoms with E-state index in [9.17, 15) is 0 Å².